The predicted octanol–water partition coefficient (Wildman–Crippen LogP) is 2.99. The lowest BCUT2D eigenvalue weighted by molar-refractivity contribution is -0.131. The molecule has 1 fully saturated rings. The molecular formula is C21H26FN3O3. The van der Waals surface area contributed by atoms with Crippen LogP contribution in [0.1, 0.15) is 6.42 Å². The molecule has 0 unspecified atom stereocenters. The molecule has 3 rings (SSSR count). The topological polar surface area (TPSA) is 54.0 Å². The minimum absolute atomic E-state index is 0.124. The van der Waals surface area contributed by atoms with Crippen molar-refractivity contribution >= 4 is 17.3 Å². The second kappa shape index (κ2) is 9.30. The third kappa shape index (κ3) is 4.85. The number of nitrogens with zero attached hydrogens (tertiary/aromatic N) is 2. The molecule has 2 aromatic rings. The number of methoxy groups -OCH3 is 2. The second-order valence-electron chi connectivity index (χ2n) is 6.59. The Bertz CT molecular complexity index is 790. The Balaban J connectivity index is 1.45. The maximum atomic E-state index is 13.1. The zero-order valence-corrected chi connectivity index (χ0v) is 16.3. The lowest BCUT2D eigenvalue weighted by Crippen LogP contribution is -2.49. The van der Waals surface area contributed by atoms with Crippen LogP contribution in [0.4, 0.5) is 15.8 Å². The summed E-state index contributed by atoms with van der Waals surface area (Å²) in [6, 6.07) is 12.0. The minimum atomic E-state index is -0.237. The van der Waals surface area contributed by atoms with Crippen LogP contribution in [-0.4, -0.2) is 57.8 Å². The molecule has 0 saturated carbocycles. The minimum Gasteiger partial charge on any atom is -0.497 e. The summed E-state index contributed by atoms with van der Waals surface area (Å²) in [5.74, 6) is 1.29. The fourth-order valence-electron chi connectivity index (χ4n) is 3.27. The van der Waals surface area contributed by atoms with Crippen LogP contribution in [-0.2, 0) is 4.79 Å². The van der Waals surface area contributed by atoms with E-state index in [0.717, 1.165) is 30.2 Å². The molecule has 0 atom stereocenters. The van der Waals surface area contributed by atoms with Gasteiger partial charge in [0, 0.05) is 50.9 Å². The first-order valence-corrected chi connectivity index (χ1v) is 9.35. The number of ether oxygens (including phenoxy) is 2. The molecule has 150 valence electrons. The van der Waals surface area contributed by atoms with E-state index in [0.29, 0.717) is 31.8 Å². The van der Waals surface area contributed by atoms with Gasteiger partial charge < -0.3 is 24.6 Å². The third-order valence-corrected chi connectivity index (χ3v) is 4.89. The summed E-state index contributed by atoms with van der Waals surface area (Å²) < 4.78 is 23.6. The highest BCUT2D eigenvalue weighted by molar-refractivity contribution is 5.77. The van der Waals surface area contributed by atoms with Gasteiger partial charge in [-0.2, -0.15) is 0 Å². The van der Waals surface area contributed by atoms with Crippen molar-refractivity contribution in [1.82, 2.24) is 4.90 Å². The summed E-state index contributed by atoms with van der Waals surface area (Å²) in [7, 11) is 3.21. The predicted molar refractivity (Wildman–Crippen MR) is 108 cm³/mol. The number of halogens is 1. The zero-order chi connectivity index (χ0) is 19.9. The Morgan fingerprint density at radius 2 is 1.75 bits per heavy atom. The van der Waals surface area contributed by atoms with Crippen LogP contribution in [0.2, 0.25) is 0 Å². The number of hydrogen-bond acceptors (Lipinski definition) is 5. The average molecular weight is 387 g/mol. The van der Waals surface area contributed by atoms with E-state index in [1.165, 1.54) is 12.1 Å². The molecule has 0 aromatic heterocycles. The van der Waals surface area contributed by atoms with E-state index in [2.05, 4.69) is 10.2 Å². The van der Waals surface area contributed by atoms with Crippen molar-refractivity contribution in [2.75, 3.05) is 57.2 Å². The maximum absolute atomic E-state index is 13.1. The Labute approximate surface area is 164 Å². The third-order valence-electron chi connectivity index (χ3n) is 4.89. The molecular weight excluding hydrogens is 361 g/mol. The number of carbonyl (C=O) groups is 1. The average Bonchev–Trinajstić information content (AvgIpc) is 2.74. The Morgan fingerprint density at radius 3 is 2.39 bits per heavy atom. The molecule has 0 aliphatic carbocycles. The molecule has 1 saturated heterocycles. The molecule has 1 aliphatic heterocycles. The quantitative estimate of drug-likeness (QED) is 0.792. The van der Waals surface area contributed by atoms with Gasteiger partial charge in [0.05, 0.1) is 19.9 Å². The molecule has 1 N–H and O–H groups in total. The van der Waals surface area contributed by atoms with Gasteiger partial charge in [-0.25, -0.2) is 4.39 Å². The number of hydrogen-bond donors (Lipinski definition) is 1. The smallest absolute Gasteiger partial charge is 0.224 e. The number of amides is 1. The number of piperazine rings is 1. The first kappa shape index (κ1) is 19.8. The lowest BCUT2D eigenvalue weighted by Gasteiger charge is -2.36. The van der Waals surface area contributed by atoms with Gasteiger partial charge in [0.15, 0.2) is 0 Å². The second-order valence-corrected chi connectivity index (χ2v) is 6.59. The molecule has 28 heavy (non-hydrogen) atoms. The maximum Gasteiger partial charge on any atom is 0.224 e. The molecule has 0 spiro atoms. The number of anilines is 2. The van der Waals surface area contributed by atoms with Gasteiger partial charge in [-0.15, -0.1) is 0 Å². The molecule has 1 amide bonds. The number of carbonyl (C=O) groups excluding carboxylic acids is 1. The molecule has 6 nitrogen and oxygen atoms in total. The summed E-state index contributed by atoms with van der Waals surface area (Å²) in [5, 5.41) is 3.25. The molecule has 0 radical (unpaired) electrons. The number of nitrogens with one attached hydrogen (secondary N) is 1. The van der Waals surface area contributed by atoms with Crippen molar-refractivity contribution in [3.63, 3.8) is 0 Å². The summed E-state index contributed by atoms with van der Waals surface area (Å²) in [5.41, 5.74) is 1.82. The standard InChI is InChI=1S/C21H26FN3O3/c1-27-18-7-8-19(20(15-18)28-2)23-10-9-21(26)25-13-11-24(12-14-25)17-5-3-16(22)4-6-17/h3-8,15,23H,9-14H2,1-2H3. The van der Waals surface area contributed by atoms with Crippen LogP contribution in [0.25, 0.3) is 0 Å². The first-order chi connectivity index (χ1) is 13.6. The van der Waals surface area contributed by atoms with Gasteiger partial charge >= 0.3 is 0 Å². The first-order valence-electron chi connectivity index (χ1n) is 9.35. The van der Waals surface area contributed by atoms with E-state index in [1.807, 2.05) is 17.0 Å². The molecule has 1 heterocycles. The summed E-state index contributed by atoms with van der Waals surface area (Å²) in [6.45, 7) is 3.36. The van der Waals surface area contributed by atoms with Crippen LogP contribution in [0.15, 0.2) is 42.5 Å². The highest BCUT2D eigenvalue weighted by atomic mass is 19.1. The van der Waals surface area contributed by atoms with E-state index >= 15 is 0 Å². The zero-order valence-electron chi connectivity index (χ0n) is 16.3. The fraction of sp³-hybridized carbons (Fsp3) is 0.381. The van der Waals surface area contributed by atoms with E-state index in [1.54, 1.807) is 32.4 Å². The van der Waals surface area contributed by atoms with Crippen molar-refractivity contribution in [3.8, 4) is 11.5 Å². The van der Waals surface area contributed by atoms with Crippen LogP contribution < -0.4 is 19.7 Å². The van der Waals surface area contributed by atoms with Gasteiger partial charge in [-0.05, 0) is 36.4 Å². The summed E-state index contributed by atoms with van der Waals surface area (Å²) in [4.78, 5) is 16.5. The SMILES string of the molecule is COc1ccc(NCCC(=O)N2CCN(c3ccc(F)cc3)CC2)c(OC)c1. The van der Waals surface area contributed by atoms with Gasteiger partial charge in [0.25, 0.3) is 0 Å². The summed E-state index contributed by atoms with van der Waals surface area (Å²) >= 11 is 0. The van der Waals surface area contributed by atoms with Gasteiger partial charge in [-0.3, -0.25) is 4.79 Å². The van der Waals surface area contributed by atoms with Gasteiger partial charge in [0.2, 0.25) is 5.91 Å². The Morgan fingerprint density at radius 1 is 1.04 bits per heavy atom. The molecule has 2 aromatic carbocycles. The molecule has 0 bridgehead atoms. The van der Waals surface area contributed by atoms with Crippen molar-refractivity contribution < 1.29 is 18.7 Å². The van der Waals surface area contributed by atoms with Crippen LogP contribution in [0, 0.1) is 5.82 Å². The van der Waals surface area contributed by atoms with Gasteiger partial charge in [-0.1, -0.05) is 0 Å². The molecule has 7 heteroatoms. The number of rotatable bonds is 7. The highest BCUT2D eigenvalue weighted by Gasteiger charge is 2.21. The monoisotopic (exact) mass is 387 g/mol. The van der Waals surface area contributed by atoms with Crippen LogP contribution in [0.3, 0.4) is 0 Å². The largest absolute Gasteiger partial charge is 0.497 e. The fourth-order valence-corrected chi connectivity index (χ4v) is 3.27. The normalized spacial score (nSPS) is 14.0. The van der Waals surface area contributed by atoms with Crippen molar-refractivity contribution in [3.05, 3.63) is 48.3 Å². The van der Waals surface area contributed by atoms with E-state index < -0.39 is 0 Å². The van der Waals surface area contributed by atoms with Crippen molar-refractivity contribution in [2.45, 2.75) is 6.42 Å². The van der Waals surface area contributed by atoms with Crippen LogP contribution in [0.5, 0.6) is 11.5 Å². The van der Waals surface area contributed by atoms with Crippen molar-refractivity contribution in [1.29, 1.82) is 0 Å². The summed E-state index contributed by atoms with van der Waals surface area (Å²) in [6.07, 6.45) is 0.408. The van der Waals surface area contributed by atoms with E-state index in [-0.39, 0.29) is 11.7 Å². The van der Waals surface area contributed by atoms with Crippen LogP contribution >= 0.6 is 0 Å². The van der Waals surface area contributed by atoms with Crippen molar-refractivity contribution in [2.24, 2.45) is 0 Å². The highest BCUT2D eigenvalue weighted by Crippen LogP contribution is 2.29. The van der Waals surface area contributed by atoms with E-state index in [4.69, 9.17) is 9.47 Å². The Kier molecular flexibility index (Phi) is 6.57. The van der Waals surface area contributed by atoms with Gasteiger partial charge in [0.1, 0.15) is 17.3 Å². The Hall–Kier alpha value is -2.96. The van der Waals surface area contributed by atoms with E-state index in [9.17, 15) is 9.18 Å². The number of benzene rings is 2. The lowest BCUT2D eigenvalue weighted by atomic mass is 10.2. The molecule has 1 aliphatic rings.